The highest BCUT2D eigenvalue weighted by molar-refractivity contribution is 5.97. The largest absolute Gasteiger partial charge is 0.389 e. The van der Waals surface area contributed by atoms with Crippen molar-refractivity contribution in [2.24, 2.45) is 11.8 Å². The molecule has 1 fully saturated rings. The molecule has 7 heteroatoms. The number of rotatable bonds is 5. The summed E-state index contributed by atoms with van der Waals surface area (Å²) < 4.78 is 36.8. The lowest BCUT2D eigenvalue weighted by atomic mass is 9.92. The highest BCUT2D eigenvalue weighted by atomic mass is 19.4. The first kappa shape index (κ1) is 17.8. The zero-order valence-electron chi connectivity index (χ0n) is 12.8. The van der Waals surface area contributed by atoms with Gasteiger partial charge in [0, 0.05) is 13.0 Å². The highest BCUT2D eigenvalue weighted by Gasteiger charge is 2.43. The van der Waals surface area contributed by atoms with Crippen LogP contribution in [0.1, 0.15) is 40.5 Å². The van der Waals surface area contributed by atoms with Crippen molar-refractivity contribution in [3.63, 3.8) is 0 Å². The molecule has 1 saturated heterocycles. The van der Waals surface area contributed by atoms with Crippen molar-refractivity contribution >= 4 is 11.8 Å². The fourth-order valence-electron chi connectivity index (χ4n) is 2.57. The first-order valence-corrected chi connectivity index (χ1v) is 7.22. The molecule has 0 aromatic heterocycles. The predicted octanol–water partition coefficient (Wildman–Crippen LogP) is 2.34. The summed E-state index contributed by atoms with van der Waals surface area (Å²) in [4.78, 5) is 25.9. The van der Waals surface area contributed by atoms with Crippen LogP contribution in [0.25, 0.3) is 0 Å². The van der Waals surface area contributed by atoms with Crippen molar-refractivity contribution in [2.45, 2.75) is 58.8 Å². The monoisotopic (exact) mass is 308 g/mol. The quantitative estimate of drug-likeness (QED) is 0.847. The molecule has 0 saturated carbocycles. The summed E-state index contributed by atoms with van der Waals surface area (Å²) in [5.74, 6) is -0.812. The number of halogens is 3. The Labute approximate surface area is 123 Å². The molecule has 4 nitrogen and oxygen atoms in total. The van der Waals surface area contributed by atoms with Crippen molar-refractivity contribution in [1.29, 1.82) is 0 Å². The van der Waals surface area contributed by atoms with E-state index in [2.05, 4.69) is 5.32 Å². The number of hydrogen-bond acceptors (Lipinski definition) is 2. The van der Waals surface area contributed by atoms with Gasteiger partial charge in [-0.1, -0.05) is 27.7 Å². The van der Waals surface area contributed by atoms with Gasteiger partial charge in [0.25, 0.3) is 0 Å². The Kier molecular flexibility index (Phi) is 5.64. The van der Waals surface area contributed by atoms with Crippen LogP contribution in [0, 0.1) is 11.8 Å². The van der Waals surface area contributed by atoms with Crippen LogP contribution in [0.2, 0.25) is 0 Å². The molecule has 122 valence electrons. The molecule has 1 heterocycles. The number of alkyl halides is 3. The van der Waals surface area contributed by atoms with Gasteiger partial charge in [-0.2, -0.15) is 13.2 Å². The highest BCUT2D eigenvalue weighted by Crippen LogP contribution is 2.25. The predicted molar refractivity (Wildman–Crippen MR) is 72.4 cm³/mol. The van der Waals surface area contributed by atoms with Gasteiger partial charge >= 0.3 is 6.18 Å². The molecule has 0 aromatic rings. The first-order valence-electron chi connectivity index (χ1n) is 7.22. The maximum atomic E-state index is 12.4. The summed E-state index contributed by atoms with van der Waals surface area (Å²) in [5.41, 5.74) is 0. The topological polar surface area (TPSA) is 49.4 Å². The summed E-state index contributed by atoms with van der Waals surface area (Å²) >= 11 is 0. The van der Waals surface area contributed by atoms with Crippen LogP contribution in [-0.4, -0.2) is 41.5 Å². The van der Waals surface area contributed by atoms with Gasteiger partial charge in [0.05, 0.1) is 0 Å². The van der Waals surface area contributed by atoms with Crippen molar-refractivity contribution in [3.05, 3.63) is 0 Å². The van der Waals surface area contributed by atoms with Gasteiger partial charge in [-0.05, 0) is 18.3 Å². The minimum atomic E-state index is -4.24. The molecule has 1 N–H and O–H groups in total. The summed E-state index contributed by atoms with van der Waals surface area (Å²) in [5, 5.41) is 2.68. The third-order valence-corrected chi connectivity index (χ3v) is 3.61. The molecule has 1 aliphatic rings. The van der Waals surface area contributed by atoms with Gasteiger partial charge in [-0.25, -0.2) is 0 Å². The van der Waals surface area contributed by atoms with Crippen LogP contribution in [0.4, 0.5) is 13.2 Å². The lowest BCUT2D eigenvalue weighted by Gasteiger charge is -2.42. The lowest BCUT2D eigenvalue weighted by molar-refractivity contribution is -0.154. The number of nitrogens with one attached hydrogen (secondary N) is 1. The van der Waals surface area contributed by atoms with Crippen molar-refractivity contribution in [1.82, 2.24) is 10.2 Å². The summed E-state index contributed by atoms with van der Waals surface area (Å²) in [6.07, 6.45) is -5.38. The first-order chi connectivity index (χ1) is 9.54. The molecule has 0 radical (unpaired) electrons. The van der Waals surface area contributed by atoms with E-state index in [1.165, 1.54) is 4.90 Å². The fourth-order valence-corrected chi connectivity index (χ4v) is 2.57. The Balaban J connectivity index is 2.85. The van der Waals surface area contributed by atoms with E-state index in [1.54, 1.807) is 27.7 Å². The number of carbonyl (C=O) groups is 2. The average molecular weight is 308 g/mol. The van der Waals surface area contributed by atoms with Gasteiger partial charge in [0.2, 0.25) is 11.8 Å². The van der Waals surface area contributed by atoms with Crippen LogP contribution >= 0.6 is 0 Å². The number of carbonyl (C=O) groups excluding carboxylic acids is 2. The standard InChI is InChI=1S/C14H23F3N2O2/c1-8(2)10-13(21)19(7-5-6-14(15,16)17)11(9(3)4)12(20)18-10/h8-11H,5-7H2,1-4H3,(H,18,20). The molecule has 21 heavy (non-hydrogen) atoms. The van der Waals surface area contributed by atoms with Gasteiger partial charge in [0.15, 0.2) is 0 Å². The zero-order valence-corrected chi connectivity index (χ0v) is 12.8. The van der Waals surface area contributed by atoms with Crippen LogP contribution in [0.15, 0.2) is 0 Å². The van der Waals surface area contributed by atoms with E-state index in [4.69, 9.17) is 0 Å². The van der Waals surface area contributed by atoms with Crippen molar-refractivity contribution < 1.29 is 22.8 Å². The zero-order chi connectivity index (χ0) is 16.4. The Bertz CT molecular complexity index is 394. The van der Waals surface area contributed by atoms with E-state index in [1.807, 2.05) is 0 Å². The fraction of sp³-hybridized carbons (Fsp3) is 0.857. The Morgan fingerprint density at radius 3 is 2.14 bits per heavy atom. The number of amides is 2. The normalized spacial score (nSPS) is 24.0. The molecular weight excluding hydrogens is 285 g/mol. The van der Waals surface area contributed by atoms with E-state index in [-0.39, 0.29) is 36.6 Å². The molecule has 2 atom stereocenters. The van der Waals surface area contributed by atoms with E-state index < -0.39 is 24.7 Å². The minimum absolute atomic E-state index is 0.0438. The molecule has 2 unspecified atom stereocenters. The van der Waals surface area contributed by atoms with Crippen LogP contribution in [-0.2, 0) is 9.59 Å². The SMILES string of the molecule is CC(C)C1NC(=O)C(C(C)C)N(CCCC(F)(F)F)C1=O. The van der Waals surface area contributed by atoms with E-state index in [0.29, 0.717) is 0 Å². The molecule has 0 aliphatic carbocycles. The number of hydrogen-bond donors (Lipinski definition) is 1. The maximum absolute atomic E-state index is 12.4. The lowest BCUT2D eigenvalue weighted by Crippen LogP contribution is -2.66. The average Bonchev–Trinajstić information content (AvgIpc) is 2.30. The smallest absolute Gasteiger partial charge is 0.342 e. The Morgan fingerprint density at radius 1 is 1.14 bits per heavy atom. The second-order valence-electron chi connectivity index (χ2n) is 6.17. The second-order valence-corrected chi connectivity index (χ2v) is 6.17. The molecular formula is C14H23F3N2O2. The Morgan fingerprint density at radius 2 is 1.71 bits per heavy atom. The molecule has 2 amide bonds. The molecule has 0 bridgehead atoms. The summed E-state index contributed by atoms with van der Waals surface area (Å²) in [6, 6.07) is -1.35. The van der Waals surface area contributed by atoms with Gasteiger partial charge in [0.1, 0.15) is 12.1 Å². The third kappa shape index (κ3) is 4.61. The maximum Gasteiger partial charge on any atom is 0.389 e. The molecule has 1 rings (SSSR count). The van der Waals surface area contributed by atoms with E-state index in [0.717, 1.165) is 0 Å². The number of nitrogens with zero attached hydrogens (tertiary/aromatic N) is 1. The summed E-state index contributed by atoms with van der Waals surface area (Å²) in [6.45, 7) is 7.12. The molecule has 1 aliphatic heterocycles. The van der Waals surface area contributed by atoms with Gasteiger partial charge in [-0.3, -0.25) is 9.59 Å². The van der Waals surface area contributed by atoms with Crippen LogP contribution < -0.4 is 5.32 Å². The minimum Gasteiger partial charge on any atom is -0.342 e. The number of piperazine rings is 1. The van der Waals surface area contributed by atoms with E-state index in [9.17, 15) is 22.8 Å². The van der Waals surface area contributed by atoms with Gasteiger partial charge < -0.3 is 10.2 Å². The molecule has 0 aromatic carbocycles. The van der Waals surface area contributed by atoms with Crippen LogP contribution in [0.5, 0.6) is 0 Å². The van der Waals surface area contributed by atoms with E-state index >= 15 is 0 Å². The molecule has 0 spiro atoms. The second kappa shape index (κ2) is 6.66. The van der Waals surface area contributed by atoms with Gasteiger partial charge in [-0.15, -0.1) is 0 Å². The Hall–Kier alpha value is -1.27. The van der Waals surface area contributed by atoms with Crippen molar-refractivity contribution in [2.75, 3.05) is 6.54 Å². The summed E-state index contributed by atoms with van der Waals surface area (Å²) in [7, 11) is 0. The van der Waals surface area contributed by atoms with Crippen molar-refractivity contribution in [3.8, 4) is 0 Å². The third-order valence-electron chi connectivity index (χ3n) is 3.61. The van der Waals surface area contributed by atoms with Crippen LogP contribution in [0.3, 0.4) is 0 Å².